The van der Waals surface area contributed by atoms with E-state index in [1.165, 1.54) is 30.7 Å². The molecule has 0 aromatic carbocycles. The van der Waals surface area contributed by atoms with Gasteiger partial charge in [0.1, 0.15) is 12.6 Å². The zero-order valence-electron chi connectivity index (χ0n) is 10.0. The third-order valence-electron chi connectivity index (χ3n) is 2.65. The first-order chi connectivity index (χ1) is 7.82. The van der Waals surface area contributed by atoms with Crippen LogP contribution in [0.4, 0.5) is 0 Å². The lowest BCUT2D eigenvalue weighted by Gasteiger charge is -2.32. The molecule has 1 aliphatic heterocycles. The van der Waals surface area contributed by atoms with Crippen molar-refractivity contribution < 1.29 is 19.2 Å². The van der Waals surface area contributed by atoms with E-state index in [0.29, 0.717) is 0 Å². The van der Waals surface area contributed by atoms with Gasteiger partial charge in [-0.15, -0.1) is 0 Å². The smallest absolute Gasteiger partial charge is 0.249 e. The molecule has 1 unspecified atom stereocenters. The van der Waals surface area contributed by atoms with Gasteiger partial charge in [-0.2, -0.15) is 0 Å². The maximum absolute atomic E-state index is 11.8. The summed E-state index contributed by atoms with van der Waals surface area (Å²) in [6.07, 6.45) is 0. The minimum atomic E-state index is -0.694. The van der Waals surface area contributed by atoms with Gasteiger partial charge in [-0.1, -0.05) is 0 Å². The Hall–Kier alpha value is -1.92. The van der Waals surface area contributed by atoms with Crippen molar-refractivity contribution in [1.29, 1.82) is 0 Å². The van der Waals surface area contributed by atoms with Crippen LogP contribution in [0.25, 0.3) is 0 Å². The summed E-state index contributed by atoms with van der Waals surface area (Å²) in [7, 11) is 1.48. The fourth-order valence-corrected chi connectivity index (χ4v) is 1.42. The fourth-order valence-electron chi connectivity index (χ4n) is 1.42. The van der Waals surface area contributed by atoms with Gasteiger partial charge < -0.3 is 9.80 Å². The summed E-state index contributed by atoms with van der Waals surface area (Å²) < 4.78 is 0. The van der Waals surface area contributed by atoms with Crippen LogP contribution in [0, 0.1) is 0 Å². The van der Waals surface area contributed by atoms with Crippen LogP contribution in [0.1, 0.15) is 13.8 Å². The standard InChI is InChI=1S/C10H15N3O4/c1-6-10(17)11-8(15)4-13(6)9(16)5-12(3)7(2)14/h6H,4-5H2,1-3H3,(H,11,15,17). The molecule has 7 heteroatoms. The Balaban J connectivity index is 2.70. The van der Waals surface area contributed by atoms with Gasteiger partial charge in [-0.05, 0) is 6.92 Å². The van der Waals surface area contributed by atoms with Crippen molar-refractivity contribution in [2.24, 2.45) is 0 Å². The van der Waals surface area contributed by atoms with Crippen molar-refractivity contribution in [2.45, 2.75) is 19.9 Å². The second kappa shape index (κ2) is 4.94. The number of carbonyl (C=O) groups is 4. The maximum Gasteiger partial charge on any atom is 0.249 e. The van der Waals surface area contributed by atoms with E-state index in [-0.39, 0.29) is 19.0 Å². The number of carbonyl (C=O) groups excluding carboxylic acids is 4. The van der Waals surface area contributed by atoms with Gasteiger partial charge in [0, 0.05) is 14.0 Å². The van der Waals surface area contributed by atoms with Crippen molar-refractivity contribution in [1.82, 2.24) is 15.1 Å². The van der Waals surface area contributed by atoms with E-state index in [9.17, 15) is 19.2 Å². The van der Waals surface area contributed by atoms with Crippen LogP contribution in [0.2, 0.25) is 0 Å². The molecule has 0 aromatic rings. The molecule has 7 nitrogen and oxygen atoms in total. The normalized spacial score (nSPS) is 19.9. The fraction of sp³-hybridized carbons (Fsp3) is 0.600. The van der Waals surface area contributed by atoms with Crippen molar-refractivity contribution in [3.8, 4) is 0 Å². The summed E-state index contributed by atoms with van der Waals surface area (Å²) in [6.45, 7) is 2.58. The average molecular weight is 241 g/mol. The zero-order chi connectivity index (χ0) is 13.2. The molecule has 1 fully saturated rings. The van der Waals surface area contributed by atoms with E-state index in [4.69, 9.17) is 0 Å². The molecule has 4 amide bonds. The summed E-state index contributed by atoms with van der Waals surface area (Å²) in [5, 5.41) is 2.14. The highest BCUT2D eigenvalue weighted by atomic mass is 16.2. The summed E-state index contributed by atoms with van der Waals surface area (Å²) in [5.41, 5.74) is 0. The molecule has 1 N–H and O–H groups in total. The number of piperazine rings is 1. The Labute approximate surface area is 98.7 Å². The molecule has 1 rings (SSSR count). The monoisotopic (exact) mass is 241 g/mol. The molecule has 1 saturated heterocycles. The molecule has 0 spiro atoms. The van der Waals surface area contributed by atoms with Crippen molar-refractivity contribution in [3.63, 3.8) is 0 Å². The quantitative estimate of drug-likeness (QED) is 0.586. The van der Waals surface area contributed by atoms with Gasteiger partial charge in [-0.3, -0.25) is 24.5 Å². The molecule has 0 aliphatic carbocycles. The first-order valence-electron chi connectivity index (χ1n) is 5.17. The van der Waals surface area contributed by atoms with Crippen LogP contribution in [-0.4, -0.2) is 59.6 Å². The Morgan fingerprint density at radius 2 is 2.06 bits per heavy atom. The number of nitrogens with one attached hydrogen (secondary N) is 1. The molecule has 0 aromatic heterocycles. The topological polar surface area (TPSA) is 86.8 Å². The SMILES string of the molecule is CC(=O)N(C)CC(=O)N1CC(=O)NC(=O)C1C. The molecular formula is C10H15N3O4. The first kappa shape index (κ1) is 13.1. The summed E-state index contributed by atoms with van der Waals surface area (Å²) >= 11 is 0. The number of rotatable bonds is 2. The van der Waals surface area contributed by atoms with E-state index in [1.54, 1.807) is 0 Å². The van der Waals surface area contributed by atoms with Gasteiger partial charge in [0.2, 0.25) is 23.6 Å². The Morgan fingerprint density at radius 1 is 1.47 bits per heavy atom. The van der Waals surface area contributed by atoms with Crippen molar-refractivity contribution >= 4 is 23.6 Å². The maximum atomic E-state index is 11.8. The summed E-state index contributed by atoms with van der Waals surface area (Å²) in [6, 6.07) is -0.694. The molecule has 1 aliphatic rings. The Kier molecular flexibility index (Phi) is 3.82. The Bertz CT molecular complexity index is 380. The number of likely N-dealkylation sites (N-methyl/N-ethyl adjacent to an activating group) is 1. The summed E-state index contributed by atoms with van der Waals surface area (Å²) in [4.78, 5) is 47.7. The lowest BCUT2D eigenvalue weighted by Crippen LogP contribution is -2.60. The molecule has 1 heterocycles. The van der Waals surface area contributed by atoms with Crippen LogP contribution >= 0.6 is 0 Å². The second-order valence-corrected chi connectivity index (χ2v) is 3.99. The van der Waals surface area contributed by atoms with Gasteiger partial charge in [0.05, 0.1) is 6.54 Å². The first-order valence-corrected chi connectivity index (χ1v) is 5.17. The average Bonchev–Trinajstić information content (AvgIpc) is 2.22. The van der Waals surface area contributed by atoms with E-state index < -0.39 is 23.8 Å². The largest absolute Gasteiger partial charge is 0.337 e. The molecular weight excluding hydrogens is 226 g/mol. The molecule has 94 valence electrons. The van der Waals surface area contributed by atoms with E-state index >= 15 is 0 Å². The predicted octanol–water partition coefficient (Wildman–Crippen LogP) is -1.66. The van der Waals surface area contributed by atoms with Gasteiger partial charge in [0.15, 0.2) is 0 Å². The van der Waals surface area contributed by atoms with Crippen LogP contribution < -0.4 is 5.32 Å². The van der Waals surface area contributed by atoms with Crippen LogP contribution in [0.5, 0.6) is 0 Å². The predicted molar refractivity (Wildman–Crippen MR) is 57.6 cm³/mol. The number of nitrogens with zero attached hydrogens (tertiary/aromatic N) is 2. The number of imide groups is 1. The van der Waals surface area contributed by atoms with Gasteiger partial charge in [0.25, 0.3) is 0 Å². The zero-order valence-corrected chi connectivity index (χ0v) is 10.0. The molecule has 0 radical (unpaired) electrons. The molecule has 1 atom stereocenters. The van der Waals surface area contributed by atoms with Gasteiger partial charge in [-0.25, -0.2) is 0 Å². The van der Waals surface area contributed by atoms with E-state index in [1.807, 2.05) is 0 Å². The molecule has 0 bridgehead atoms. The highest BCUT2D eigenvalue weighted by molar-refractivity contribution is 6.04. The van der Waals surface area contributed by atoms with Crippen LogP contribution in [0.3, 0.4) is 0 Å². The number of hydrogen-bond donors (Lipinski definition) is 1. The van der Waals surface area contributed by atoms with Gasteiger partial charge >= 0.3 is 0 Å². The third-order valence-corrected chi connectivity index (χ3v) is 2.65. The Morgan fingerprint density at radius 3 is 2.59 bits per heavy atom. The van der Waals surface area contributed by atoms with Crippen LogP contribution in [-0.2, 0) is 19.2 Å². The third kappa shape index (κ3) is 3.02. The molecule has 0 saturated carbocycles. The number of amides is 4. The lowest BCUT2D eigenvalue weighted by molar-refractivity contribution is -0.150. The highest BCUT2D eigenvalue weighted by Gasteiger charge is 2.33. The van der Waals surface area contributed by atoms with Crippen LogP contribution in [0.15, 0.2) is 0 Å². The van der Waals surface area contributed by atoms with Crippen molar-refractivity contribution in [2.75, 3.05) is 20.1 Å². The second-order valence-electron chi connectivity index (χ2n) is 3.99. The van der Waals surface area contributed by atoms with Crippen molar-refractivity contribution in [3.05, 3.63) is 0 Å². The minimum absolute atomic E-state index is 0.139. The highest BCUT2D eigenvalue weighted by Crippen LogP contribution is 2.05. The van der Waals surface area contributed by atoms with E-state index in [0.717, 1.165) is 0 Å². The van der Waals surface area contributed by atoms with E-state index in [2.05, 4.69) is 5.32 Å². The minimum Gasteiger partial charge on any atom is -0.337 e. The molecule has 17 heavy (non-hydrogen) atoms. The lowest BCUT2D eigenvalue weighted by atomic mass is 10.2. The summed E-state index contributed by atoms with van der Waals surface area (Å²) in [5.74, 6) is -1.68. The number of hydrogen-bond acceptors (Lipinski definition) is 4.